The van der Waals surface area contributed by atoms with E-state index in [0.717, 1.165) is 64.9 Å². The summed E-state index contributed by atoms with van der Waals surface area (Å²) < 4.78 is 0. The first-order valence-electron chi connectivity index (χ1n) is 9.20. The van der Waals surface area contributed by atoms with Gasteiger partial charge in [-0.2, -0.15) is 5.10 Å². The van der Waals surface area contributed by atoms with Gasteiger partial charge in [0.2, 0.25) is 0 Å². The fourth-order valence-corrected chi connectivity index (χ4v) is 3.94. The number of aromatic nitrogens is 3. The molecule has 1 fully saturated rings. The minimum absolute atomic E-state index is 0.118. The van der Waals surface area contributed by atoms with Gasteiger partial charge in [0.1, 0.15) is 0 Å². The van der Waals surface area contributed by atoms with Crippen LogP contribution in [0.3, 0.4) is 0 Å². The van der Waals surface area contributed by atoms with Crippen LogP contribution < -0.4 is 0 Å². The molecule has 1 N–H and O–H groups in total. The molecule has 1 aromatic carbocycles. The first-order chi connectivity index (χ1) is 12.5. The molecule has 3 aromatic rings. The molecular weight excluding hydrogens is 324 g/mol. The number of carbonyl (C=O) groups excluding carboxylic acids is 1. The topological polar surface area (TPSA) is 61.9 Å². The van der Waals surface area contributed by atoms with E-state index in [2.05, 4.69) is 28.2 Å². The highest BCUT2D eigenvalue weighted by molar-refractivity contribution is 6.07. The third-order valence-electron chi connectivity index (χ3n) is 5.51. The molecule has 0 aliphatic carbocycles. The van der Waals surface area contributed by atoms with Gasteiger partial charge >= 0.3 is 0 Å². The molecule has 0 unspecified atom stereocenters. The lowest BCUT2D eigenvalue weighted by molar-refractivity contribution is 0.0707. The number of fused-ring (bicyclic) bond motifs is 1. The number of pyridine rings is 1. The Kier molecular flexibility index (Phi) is 4.23. The molecule has 1 aliphatic rings. The van der Waals surface area contributed by atoms with E-state index in [0.29, 0.717) is 5.92 Å². The van der Waals surface area contributed by atoms with Gasteiger partial charge in [0.05, 0.1) is 11.1 Å². The maximum atomic E-state index is 13.5. The lowest BCUT2D eigenvalue weighted by atomic mass is 9.93. The van der Waals surface area contributed by atoms with Crippen molar-refractivity contribution in [3.05, 3.63) is 58.5 Å². The molecule has 4 rings (SSSR count). The van der Waals surface area contributed by atoms with Crippen LogP contribution >= 0.6 is 0 Å². The summed E-state index contributed by atoms with van der Waals surface area (Å²) >= 11 is 0. The van der Waals surface area contributed by atoms with Crippen molar-refractivity contribution in [3.8, 4) is 0 Å². The lowest BCUT2D eigenvalue weighted by Gasteiger charge is -2.33. The zero-order valence-corrected chi connectivity index (χ0v) is 15.5. The van der Waals surface area contributed by atoms with Gasteiger partial charge in [0.25, 0.3) is 5.91 Å². The van der Waals surface area contributed by atoms with E-state index in [1.807, 2.05) is 36.9 Å². The Hall–Kier alpha value is -2.69. The Labute approximate surface area is 153 Å². The molecule has 1 amide bonds. The van der Waals surface area contributed by atoms with E-state index in [4.69, 9.17) is 0 Å². The number of likely N-dealkylation sites (tertiary alicyclic amines) is 1. The van der Waals surface area contributed by atoms with Crippen LogP contribution in [0, 0.1) is 20.8 Å². The van der Waals surface area contributed by atoms with Crippen LogP contribution in [0.2, 0.25) is 0 Å². The SMILES string of the molecule is Cc1ccc2nc(C)c(C)c(C(=O)N3CCC[C@H](c4ccn[nH]4)C3)c2c1. The fourth-order valence-electron chi connectivity index (χ4n) is 3.94. The number of piperidine rings is 1. The number of carbonyl (C=O) groups is 1. The molecule has 0 bridgehead atoms. The number of rotatable bonds is 2. The molecule has 1 saturated heterocycles. The van der Waals surface area contributed by atoms with Gasteiger partial charge in [-0.25, -0.2) is 0 Å². The van der Waals surface area contributed by atoms with Crippen molar-refractivity contribution in [2.75, 3.05) is 13.1 Å². The molecule has 26 heavy (non-hydrogen) atoms. The van der Waals surface area contributed by atoms with Crippen LogP contribution in [0.15, 0.2) is 30.5 Å². The van der Waals surface area contributed by atoms with Crippen LogP contribution in [-0.2, 0) is 0 Å². The molecular formula is C21H24N4O. The van der Waals surface area contributed by atoms with Crippen LogP contribution in [0.1, 0.15) is 51.6 Å². The van der Waals surface area contributed by atoms with E-state index in [9.17, 15) is 4.79 Å². The summed E-state index contributed by atoms with van der Waals surface area (Å²) in [4.78, 5) is 20.2. The summed E-state index contributed by atoms with van der Waals surface area (Å²) in [5, 5.41) is 8.09. The summed E-state index contributed by atoms with van der Waals surface area (Å²) in [5.41, 5.74) is 5.87. The van der Waals surface area contributed by atoms with Gasteiger partial charge in [-0.3, -0.25) is 14.9 Å². The van der Waals surface area contributed by atoms with Gasteiger partial charge in [-0.1, -0.05) is 11.6 Å². The number of benzene rings is 1. The summed E-state index contributed by atoms with van der Waals surface area (Å²) in [6, 6.07) is 8.16. The molecule has 1 aliphatic heterocycles. The largest absolute Gasteiger partial charge is 0.338 e. The summed E-state index contributed by atoms with van der Waals surface area (Å²) in [6.07, 6.45) is 3.87. The maximum absolute atomic E-state index is 13.5. The normalized spacial score (nSPS) is 17.7. The van der Waals surface area contributed by atoms with Crippen molar-refractivity contribution in [3.63, 3.8) is 0 Å². The smallest absolute Gasteiger partial charge is 0.254 e. The Morgan fingerprint density at radius 1 is 1.23 bits per heavy atom. The molecule has 1 atom stereocenters. The van der Waals surface area contributed by atoms with E-state index in [1.165, 1.54) is 0 Å². The van der Waals surface area contributed by atoms with E-state index >= 15 is 0 Å². The van der Waals surface area contributed by atoms with Crippen LogP contribution in [0.4, 0.5) is 0 Å². The molecule has 0 saturated carbocycles. The van der Waals surface area contributed by atoms with Crippen molar-refractivity contribution in [1.29, 1.82) is 0 Å². The monoisotopic (exact) mass is 348 g/mol. The molecule has 0 spiro atoms. The number of nitrogens with zero attached hydrogens (tertiary/aromatic N) is 3. The first-order valence-corrected chi connectivity index (χ1v) is 9.20. The zero-order valence-electron chi connectivity index (χ0n) is 15.5. The molecule has 5 nitrogen and oxygen atoms in total. The number of hydrogen-bond acceptors (Lipinski definition) is 3. The predicted octanol–water partition coefficient (Wildman–Crippen LogP) is 3.90. The highest BCUT2D eigenvalue weighted by atomic mass is 16.2. The van der Waals surface area contributed by atoms with Crippen molar-refractivity contribution in [1.82, 2.24) is 20.1 Å². The van der Waals surface area contributed by atoms with Crippen LogP contribution in [0.5, 0.6) is 0 Å². The van der Waals surface area contributed by atoms with E-state index in [-0.39, 0.29) is 5.91 Å². The Morgan fingerprint density at radius 3 is 2.85 bits per heavy atom. The number of H-pyrrole nitrogens is 1. The quantitative estimate of drug-likeness (QED) is 0.764. The first kappa shape index (κ1) is 16.8. The van der Waals surface area contributed by atoms with Gasteiger partial charge in [0, 0.05) is 42.0 Å². The van der Waals surface area contributed by atoms with Gasteiger partial charge in [-0.15, -0.1) is 0 Å². The molecule has 2 aromatic heterocycles. The number of nitrogens with one attached hydrogen (secondary N) is 1. The molecule has 0 radical (unpaired) electrons. The van der Waals surface area contributed by atoms with Crippen molar-refractivity contribution < 1.29 is 4.79 Å². The highest BCUT2D eigenvalue weighted by Gasteiger charge is 2.28. The van der Waals surface area contributed by atoms with E-state index in [1.54, 1.807) is 6.20 Å². The predicted molar refractivity (Wildman–Crippen MR) is 102 cm³/mol. The lowest BCUT2D eigenvalue weighted by Crippen LogP contribution is -2.39. The standard InChI is InChI=1S/C21H24N4O/c1-13-6-7-19-17(11-13)20(14(2)15(3)23-19)21(26)25-10-4-5-16(12-25)18-8-9-22-24-18/h6-9,11,16H,4-5,10,12H2,1-3H3,(H,22,24)/t16-/m0/s1. The second-order valence-corrected chi connectivity index (χ2v) is 7.32. The Morgan fingerprint density at radius 2 is 2.08 bits per heavy atom. The molecule has 3 heterocycles. The summed E-state index contributed by atoms with van der Waals surface area (Å²) in [6.45, 7) is 7.58. The average Bonchev–Trinajstić information content (AvgIpc) is 3.18. The minimum atomic E-state index is 0.118. The van der Waals surface area contributed by atoms with Crippen LogP contribution in [-0.4, -0.2) is 39.1 Å². The number of aromatic amines is 1. The molecule has 5 heteroatoms. The summed E-state index contributed by atoms with van der Waals surface area (Å²) in [7, 11) is 0. The van der Waals surface area contributed by atoms with Gasteiger partial charge < -0.3 is 4.90 Å². The number of hydrogen-bond donors (Lipinski definition) is 1. The second kappa shape index (κ2) is 6.56. The maximum Gasteiger partial charge on any atom is 0.254 e. The second-order valence-electron chi connectivity index (χ2n) is 7.32. The van der Waals surface area contributed by atoms with Gasteiger partial charge in [-0.05, 0) is 57.4 Å². The molecule has 134 valence electrons. The van der Waals surface area contributed by atoms with Crippen molar-refractivity contribution >= 4 is 16.8 Å². The number of amides is 1. The average molecular weight is 348 g/mol. The van der Waals surface area contributed by atoms with E-state index < -0.39 is 0 Å². The highest BCUT2D eigenvalue weighted by Crippen LogP contribution is 2.30. The van der Waals surface area contributed by atoms with Crippen LogP contribution in [0.25, 0.3) is 10.9 Å². The third-order valence-corrected chi connectivity index (χ3v) is 5.51. The van der Waals surface area contributed by atoms with Crippen molar-refractivity contribution in [2.45, 2.75) is 39.5 Å². The zero-order chi connectivity index (χ0) is 18.3. The third kappa shape index (κ3) is 2.87. The Balaban J connectivity index is 1.74. The van der Waals surface area contributed by atoms with Crippen molar-refractivity contribution in [2.24, 2.45) is 0 Å². The minimum Gasteiger partial charge on any atom is -0.338 e. The number of aryl methyl sites for hydroxylation is 2. The Bertz CT molecular complexity index is 962. The summed E-state index contributed by atoms with van der Waals surface area (Å²) in [5.74, 6) is 0.444. The van der Waals surface area contributed by atoms with Gasteiger partial charge in [0.15, 0.2) is 0 Å². The fraction of sp³-hybridized carbons (Fsp3) is 0.381.